The topological polar surface area (TPSA) is 91.5 Å². The zero-order valence-corrected chi connectivity index (χ0v) is 18.9. The van der Waals surface area contributed by atoms with Crippen LogP contribution in [-0.4, -0.2) is 39.1 Å². The van der Waals surface area contributed by atoms with E-state index in [9.17, 15) is 23.1 Å². The van der Waals surface area contributed by atoms with Crippen molar-refractivity contribution in [2.75, 3.05) is 18.4 Å². The van der Waals surface area contributed by atoms with Crippen LogP contribution in [0.4, 0.5) is 23.7 Å². The first kappa shape index (κ1) is 24.1. The number of aliphatic hydroxyl groups excluding tert-OH is 1. The Morgan fingerprint density at radius 1 is 1.21 bits per heavy atom. The van der Waals surface area contributed by atoms with Crippen LogP contribution in [0.5, 0.6) is 0 Å². The number of benzene rings is 1. The maximum atomic E-state index is 12.8. The maximum Gasteiger partial charge on any atom is 0.417 e. The van der Waals surface area contributed by atoms with Gasteiger partial charge in [0.15, 0.2) is 12.2 Å². The molecule has 178 valence electrons. The quantitative estimate of drug-likeness (QED) is 0.455. The van der Waals surface area contributed by atoms with Gasteiger partial charge < -0.3 is 19.7 Å². The normalized spacial score (nSPS) is 14.2. The Morgan fingerprint density at radius 2 is 2.00 bits per heavy atom. The minimum Gasteiger partial charge on any atom is -0.443 e. The number of hydrogen-bond acceptors (Lipinski definition) is 5. The number of aromatic nitrogens is 2. The summed E-state index contributed by atoms with van der Waals surface area (Å²) < 4.78 is 43.8. The molecule has 0 radical (unpaired) electrons. The molecule has 3 heterocycles. The average molecular weight is 513 g/mol. The van der Waals surface area contributed by atoms with Gasteiger partial charge in [0, 0.05) is 30.5 Å². The molecule has 12 heteroatoms. The molecule has 34 heavy (non-hydrogen) atoms. The number of aliphatic hydroxyl groups is 1. The molecule has 0 unspecified atom stereocenters. The van der Waals surface area contributed by atoms with Gasteiger partial charge in [0.1, 0.15) is 5.69 Å². The lowest BCUT2D eigenvalue weighted by molar-refractivity contribution is -0.137. The molecular formula is C22H17Cl2F3N4O3. The number of rotatable bonds is 4. The second-order valence-corrected chi connectivity index (χ2v) is 8.20. The van der Waals surface area contributed by atoms with Gasteiger partial charge in [-0.1, -0.05) is 29.3 Å². The first-order valence-electron chi connectivity index (χ1n) is 9.98. The van der Waals surface area contributed by atoms with Crippen molar-refractivity contribution in [3.05, 3.63) is 69.9 Å². The Balaban J connectivity index is 1.43. The van der Waals surface area contributed by atoms with Crippen LogP contribution in [0.1, 0.15) is 23.4 Å². The molecule has 0 aliphatic carbocycles. The molecule has 0 fully saturated rings. The third kappa shape index (κ3) is 5.03. The summed E-state index contributed by atoms with van der Waals surface area (Å²) in [5, 5.41) is 11.8. The SMILES string of the molecule is O=C(Nc1ccc(C(F)(F)F)c(Cl)c1)N1CC=C(c2ncc(-c3ocnc3CO)cc2Cl)CC1. The second-order valence-electron chi connectivity index (χ2n) is 7.39. The number of alkyl halides is 3. The molecule has 7 nitrogen and oxygen atoms in total. The number of amides is 2. The summed E-state index contributed by atoms with van der Waals surface area (Å²) in [5.74, 6) is 0.382. The lowest BCUT2D eigenvalue weighted by atomic mass is 10.0. The zero-order chi connectivity index (χ0) is 24.5. The van der Waals surface area contributed by atoms with Crippen molar-refractivity contribution >= 4 is 40.5 Å². The average Bonchev–Trinajstić information content (AvgIpc) is 3.27. The fraction of sp³-hybridized carbons (Fsp3) is 0.227. The third-order valence-corrected chi connectivity index (χ3v) is 5.82. The number of anilines is 1. The molecule has 0 bridgehead atoms. The van der Waals surface area contributed by atoms with Gasteiger partial charge in [-0.2, -0.15) is 13.2 Å². The van der Waals surface area contributed by atoms with E-state index in [1.165, 1.54) is 11.3 Å². The Hall–Kier alpha value is -3.08. The van der Waals surface area contributed by atoms with E-state index in [-0.39, 0.29) is 18.8 Å². The van der Waals surface area contributed by atoms with E-state index >= 15 is 0 Å². The van der Waals surface area contributed by atoms with Gasteiger partial charge >= 0.3 is 12.2 Å². The van der Waals surface area contributed by atoms with Crippen LogP contribution in [0, 0.1) is 0 Å². The first-order valence-corrected chi connectivity index (χ1v) is 10.7. The predicted molar refractivity (Wildman–Crippen MR) is 120 cm³/mol. The van der Waals surface area contributed by atoms with Crippen molar-refractivity contribution in [2.45, 2.75) is 19.2 Å². The summed E-state index contributed by atoms with van der Waals surface area (Å²) in [6.45, 7) is 0.321. The molecular weight excluding hydrogens is 496 g/mol. The Labute approximate surface area is 201 Å². The van der Waals surface area contributed by atoms with Crippen molar-refractivity contribution in [1.82, 2.24) is 14.9 Å². The summed E-state index contributed by atoms with van der Waals surface area (Å²) in [5.41, 5.74) is 1.54. The smallest absolute Gasteiger partial charge is 0.417 e. The fourth-order valence-electron chi connectivity index (χ4n) is 3.51. The van der Waals surface area contributed by atoms with Gasteiger partial charge in [0.25, 0.3) is 0 Å². The summed E-state index contributed by atoms with van der Waals surface area (Å²) >= 11 is 12.1. The fourth-order valence-corrected chi connectivity index (χ4v) is 4.08. The maximum absolute atomic E-state index is 12.8. The highest BCUT2D eigenvalue weighted by atomic mass is 35.5. The van der Waals surface area contributed by atoms with Crippen LogP contribution < -0.4 is 5.32 Å². The molecule has 0 saturated heterocycles. The predicted octanol–water partition coefficient (Wildman–Crippen LogP) is 5.88. The van der Waals surface area contributed by atoms with Gasteiger partial charge in [-0.3, -0.25) is 4.98 Å². The number of oxazole rings is 1. The molecule has 0 atom stereocenters. The van der Waals surface area contributed by atoms with Crippen LogP contribution in [-0.2, 0) is 12.8 Å². The number of halogens is 5. The van der Waals surface area contributed by atoms with Gasteiger partial charge in [-0.05, 0) is 36.3 Å². The van der Waals surface area contributed by atoms with E-state index in [1.807, 2.05) is 6.08 Å². The van der Waals surface area contributed by atoms with Gasteiger partial charge in [0.05, 0.1) is 27.9 Å². The number of urea groups is 1. The van der Waals surface area contributed by atoms with Crippen LogP contribution >= 0.6 is 23.2 Å². The van der Waals surface area contributed by atoms with Crippen LogP contribution in [0.25, 0.3) is 16.9 Å². The summed E-state index contributed by atoms with van der Waals surface area (Å²) in [6.07, 6.45) is 0.499. The van der Waals surface area contributed by atoms with E-state index in [0.29, 0.717) is 40.7 Å². The van der Waals surface area contributed by atoms with E-state index in [2.05, 4.69) is 15.3 Å². The van der Waals surface area contributed by atoms with Crippen molar-refractivity contribution in [3.63, 3.8) is 0 Å². The van der Waals surface area contributed by atoms with Crippen molar-refractivity contribution < 1.29 is 27.5 Å². The number of nitrogens with zero attached hydrogens (tertiary/aromatic N) is 3. The lowest BCUT2D eigenvalue weighted by Crippen LogP contribution is -2.38. The largest absolute Gasteiger partial charge is 0.443 e. The molecule has 0 saturated carbocycles. The Bertz CT molecular complexity index is 1260. The highest BCUT2D eigenvalue weighted by molar-refractivity contribution is 6.32. The zero-order valence-electron chi connectivity index (χ0n) is 17.4. The van der Waals surface area contributed by atoms with E-state index < -0.39 is 22.8 Å². The van der Waals surface area contributed by atoms with Crippen LogP contribution in [0.3, 0.4) is 0 Å². The van der Waals surface area contributed by atoms with Crippen molar-refractivity contribution in [1.29, 1.82) is 0 Å². The third-order valence-electron chi connectivity index (χ3n) is 5.22. The van der Waals surface area contributed by atoms with Crippen LogP contribution in [0.2, 0.25) is 10.0 Å². The van der Waals surface area contributed by atoms with E-state index in [0.717, 1.165) is 23.8 Å². The number of pyridine rings is 1. The first-order chi connectivity index (χ1) is 16.2. The monoisotopic (exact) mass is 512 g/mol. The molecule has 3 aromatic rings. The summed E-state index contributed by atoms with van der Waals surface area (Å²) in [4.78, 5) is 22.4. The van der Waals surface area contributed by atoms with Crippen molar-refractivity contribution in [3.8, 4) is 11.3 Å². The molecule has 2 aromatic heterocycles. The number of nitrogens with one attached hydrogen (secondary N) is 1. The summed E-state index contributed by atoms with van der Waals surface area (Å²) in [7, 11) is 0. The minimum atomic E-state index is -4.57. The van der Waals surface area contributed by atoms with Gasteiger partial charge in [-0.15, -0.1) is 0 Å². The molecule has 1 aliphatic heterocycles. The van der Waals surface area contributed by atoms with E-state index in [4.69, 9.17) is 27.6 Å². The molecule has 1 aromatic carbocycles. The molecule has 2 N–H and O–H groups in total. The van der Waals surface area contributed by atoms with Gasteiger partial charge in [0.2, 0.25) is 0 Å². The van der Waals surface area contributed by atoms with Gasteiger partial charge in [-0.25, -0.2) is 9.78 Å². The van der Waals surface area contributed by atoms with E-state index in [1.54, 1.807) is 12.3 Å². The minimum absolute atomic E-state index is 0.160. The van der Waals surface area contributed by atoms with Crippen molar-refractivity contribution in [2.24, 2.45) is 0 Å². The Kier molecular flexibility index (Phi) is 6.83. The number of carbonyl (C=O) groups is 1. The summed E-state index contributed by atoms with van der Waals surface area (Å²) in [6, 6.07) is 4.24. The number of carbonyl (C=O) groups excluding carboxylic acids is 1. The highest BCUT2D eigenvalue weighted by Crippen LogP contribution is 2.36. The Morgan fingerprint density at radius 3 is 2.62 bits per heavy atom. The number of hydrogen-bond donors (Lipinski definition) is 2. The highest BCUT2D eigenvalue weighted by Gasteiger charge is 2.33. The standard InChI is InChI=1S/C22H17Cl2F3N4O3/c23-16-8-14(1-2-15(16)22(25,26)27)30-21(33)31-5-3-12(4-6-31)19-17(24)7-13(9-28-19)20-18(10-32)29-11-34-20/h1-3,7-9,11,32H,4-6,10H2,(H,30,33). The second kappa shape index (κ2) is 9.65. The van der Waals surface area contributed by atoms with Crippen LogP contribution in [0.15, 0.2) is 47.3 Å². The molecule has 1 aliphatic rings. The molecule has 4 rings (SSSR count). The molecule has 0 spiro atoms. The molecule has 2 amide bonds. The lowest BCUT2D eigenvalue weighted by Gasteiger charge is -2.27.